The number of nitro groups is 1. The molecule has 0 saturated carbocycles. The van der Waals surface area contributed by atoms with E-state index in [-0.39, 0.29) is 11.5 Å². The van der Waals surface area contributed by atoms with E-state index >= 15 is 0 Å². The molecule has 2 rings (SSSR count). The van der Waals surface area contributed by atoms with Gasteiger partial charge in [0.05, 0.1) is 4.92 Å². The summed E-state index contributed by atoms with van der Waals surface area (Å²) >= 11 is 0. The van der Waals surface area contributed by atoms with Crippen molar-refractivity contribution in [2.45, 2.75) is 13.3 Å². The highest BCUT2D eigenvalue weighted by Crippen LogP contribution is 2.22. The van der Waals surface area contributed by atoms with Gasteiger partial charge in [-0.25, -0.2) is 4.39 Å². The van der Waals surface area contributed by atoms with Crippen molar-refractivity contribution < 1.29 is 9.31 Å². The van der Waals surface area contributed by atoms with E-state index in [1.165, 1.54) is 18.2 Å². The Balaban J connectivity index is 1.97. The van der Waals surface area contributed by atoms with Gasteiger partial charge in [-0.15, -0.1) is 0 Å². The van der Waals surface area contributed by atoms with Gasteiger partial charge >= 0.3 is 0 Å². The van der Waals surface area contributed by atoms with Gasteiger partial charge < -0.3 is 5.32 Å². The van der Waals surface area contributed by atoms with Crippen molar-refractivity contribution in [2.75, 3.05) is 11.9 Å². The second-order valence-corrected chi connectivity index (χ2v) is 4.57. The quantitative estimate of drug-likeness (QED) is 0.668. The van der Waals surface area contributed by atoms with Gasteiger partial charge in [0.15, 0.2) is 0 Å². The number of nitro benzene ring substituents is 1. The Kier molecular flexibility index (Phi) is 4.30. The van der Waals surface area contributed by atoms with Crippen molar-refractivity contribution in [1.29, 1.82) is 0 Å². The summed E-state index contributed by atoms with van der Waals surface area (Å²) in [6.45, 7) is 2.29. The lowest BCUT2D eigenvalue weighted by molar-refractivity contribution is -0.385. The average Bonchev–Trinajstić information content (AvgIpc) is 2.40. The molecule has 0 radical (unpaired) electrons. The molecular formula is C15H15FN2O2. The Morgan fingerprint density at radius 2 is 2.05 bits per heavy atom. The van der Waals surface area contributed by atoms with Crippen LogP contribution in [0.2, 0.25) is 0 Å². The smallest absolute Gasteiger partial charge is 0.274 e. The zero-order chi connectivity index (χ0) is 14.5. The normalized spacial score (nSPS) is 10.3. The third-order valence-electron chi connectivity index (χ3n) is 3.04. The predicted molar refractivity (Wildman–Crippen MR) is 76.4 cm³/mol. The minimum Gasteiger partial charge on any atom is -0.385 e. The first kappa shape index (κ1) is 14.0. The average molecular weight is 274 g/mol. The summed E-state index contributed by atoms with van der Waals surface area (Å²) in [4.78, 5) is 10.4. The number of anilines is 1. The maximum Gasteiger partial charge on any atom is 0.274 e. The van der Waals surface area contributed by atoms with Crippen molar-refractivity contribution in [3.05, 3.63) is 69.5 Å². The van der Waals surface area contributed by atoms with Gasteiger partial charge in [-0.1, -0.05) is 18.2 Å². The summed E-state index contributed by atoms with van der Waals surface area (Å²) in [5, 5.41) is 14.0. The SMILES string of the molecule is Cc1ccc(NCCc2cccc(F)c2)cc1[N+](=O)[O-]. The maximum atomic E-state index is 13.0. The number of hydrogen-bond donors (Lipinski definition) is 1. The van der Waals surface area contributed by atoms with Gasteiger partial charge in [-0.2, -0.15) is 0 Å². The second kappa shape index (κ2) is 6.14. The minimum absolute atomic E-state index is 0.0979. The number of halogens is 1. The fourth-order valence-electron chi connectivity index (χ4n) is 1.96. The van der Waals surface area contributed by atoms with Crippen LogP contribution in [-0.2, 0) is 6.42 Å². The van der Waals surface area contributed by atoms with Crippen LogP contribution in [0.15, 0.2) is 42.5 Å². The standard InChI is InChI=1S/C15H15FN2O2/c1-11-5-6-14(10-15(11)18(19)20)17-8-7-12-3-2-4-13(16)9-12/h2-6,9-10,17H,7-8H2,1H3. The molecule has 1 N–H and O–H groups in total. The van der Waals surface area contributed by atoms with Crippen LogP contribution in [0.5, 0.6) is 0 Å². The molecule has 0 aliphatic rings. The number of benzene rings is 2. The van der Waals surface area contributed by atoms with E-state index in [9.17, 15) is 14.5 Å². The monoisotopic (exact) mass is 274 g/mol. The van der Waals surface area contributed by atoms with Gasteiger partial charge in [0.2, 0.25) is 0 Å². The lowest BCUT2D eigenvalue weighted by Crippen LogP contribution is -2.05. The van der Waals surface area contributed by atoms with Crippen LogP contribution in [0.4, 0.5) is 15.8 Å². The molecule has 2 aromatic carbocycles. The summed E-state index contributed by atoms with van der Waals surface area (Å²) in [5.74, 6) is -0.256. The zero-order valence-corrected chi connectivity index (χ0v) is 11.1. The molecule has 0 heterocycles. The summed E-state index contributed by atoms with van der Waals surface area (Å²) < 4.78 is 13.0. The van der Waals surface area contributed by atoms with E-state index in [4.69, 9.17) is 0 Å². The fraction of sp³-hybridized carbons (Fsp3) is 0.200. The van der Waals surface area contributed by atoms with E-state index in [0.29, 0.717) is 24.2 Å². The molecule has 104 valence electrons. The molecule has 0 saturated heterocycles. The Morgan fingerprint density at radius 1 is 1.25 bits per heavy atom. The van der Waals surface area contributed by atoms with Crippen molar-refractivity contribution in [3.8, 4) is 0 Å². The van der Waals surface area contributed by atoms with Crippen LogP contribution in [-0.4, -0.2) is 11.5 Å². The molecule has 0 bridgehead atoms. The van der Waals surface area contributed by atoms with Crippen LogP contribution >= 0.6 is 0 Å². The van der Waals surface area contributed by atoms with Gasteiger partial charge in [-0.3, -0.25) is 10.1 Å². The third kappa shape index (κ3) is 3.54. The summed E-state index contributed by atoms with van der Waals surface area (Å²) in [5.41, 5.74) is 2.31. The largest absolute Gasteiger partial charge is 0.385 e. The summed E-state index contributed by atoms with van der Waals surface area (Å²) in [6.07, 6.45) is 0.652. The molecular weight excluding hydrogens is 259 g/mol. The van der Waals surface area contributed by atoms with Gasteiger partial charge in [0, 0.05) is 23.9 Å². The zero-order valence-electron chi connectivity index (χ0n) is 11.1. The highest BCUT2D eigenvalue weighted by atomic mass is 19.1. The fourth-order valence-corrected chi connectivity index (χ4v) is 1.96. The summed E-state index contributed by atoms with van der Waals surface area (Å²) in [7, 11) is 0. The predicted octanol–water partition coefficient (Wildman–Crippen LogP) is 3.70. The molecule has 0 aromatic heterocycles. The van der Waals surface area contributed by atoms with E-state index in [2.05, 4.69) is 5.32 Å². The Hall–Kier alpha value is -2.43. The molecule has 0 amide bonds. The van der Waals surface area contributed by atoms with Crippen molar-refractivity contribution in [1.82, 2.24) is 0 Å². The van der Waals surface area contributed by atoms with Crippen LogP contribution in [0.1, 0.15) is 11.1 Å². The highest BCUT2D eigenvalue weighted by Gasteiger charge is 2.10. The molecule has 5 heteroatoms. The lowest BCUT2D eigenvalue weighted by Gasteiger charge is -2.07. The van der Waals surface area contributed by atoms with Crippen LogP contribution < -0.4 is 5.32 Å². The lowest BCUT2D eigenvalue weighted by atomic mass is 10.1. The Bertz CT molecular complexity index is 629. The topological polar surface area (TPSA) is 55.2 Å². The van der Waals surface area contributed by atoms with Gasteiger partial charge in [-0.05, 0) is 37.1 Å². The van der Waals surface area contributed by atoms with Crippen LogP contribution in [0, 0.1) is 22.9 Å². The molecule has 4 nitrogen and oxygen atoms in total. The molecule has 0 spiro atoms. The van der Waals surface area contributed by atoms with Crippen molar-refractivity contribution >= 4 is 11.4 Å². The first-order valence-electron chi connectivity index (χ1n) is 6.29. The molecule has 0 unspecified atom stereocenters. The Labute approximate surface area is 116 Å². The molecule has 0 aliphatic heterocycles. The number of hydrogen-bond acceptors (Lipinski definition) is 3. The number of aryl methyl sites for hydroxylation is 1. The van der Waals surface area contributed by atoms with Gasteiger partial charge in [0.25, 0.3) is 5.69 Å². The first-order valence-corrected chi connectivity index (χ1v) is 6.29. The molecule has 0 atom stereocenters. The second-order valence-electron chi connectivity index (χ2n) is 4.57. The van der Waals surface area contributed by atoms with Crippen molar-refractivity contribution in [3.63, 3.8) is 0 Å². The number of nitrogens with zero attached hydrogens (tertiary/aromatic N) is 1. The molecule has 0 fully saturated rings. The summed E-state index contributed by atoms with van der Waals surface area (Å²) in [6, 6.07) is 11.4. The van der Waals surface area contributed by atoms with E-state index in [1.54, 1.807) is 25.1 Å². The van der Waals surface area contributed by atoms with Gasteiger partial charge in [0.1, 0.15) is 5.82 Å². The molecule has 20 heavy (non-hydrogen) atoms. The molecule has 2 aromatic rings. The number of nitrogens with one attached hydrogen (secondary N) is 1. The molecule has 0 aliphatic carbocycles. The van der Waals surface area contributed by atoms with E-state index in [0.717, 1.165) is 5.56 Å². The first-order chi connectivity index (χ1) is 9.56. The third-order valence-corrected chi connectivity index (χ3v) is 3.04. The Morgan fingerprint density at radius 3 is 2.75 bits per heavy atom. The minimum atomic E-state index is -0.396. The number of rotatable bonds is 5. The maximum absolute atomic E-state index is 13.0. The van der Waals surface area contributed by atoms with Crippen molar-refractivity contribution in [2.24, 2.45) is 0 Å². The van der Waals surface area contributed by atoms with E-state index in [1.807, 2.05) is 6.07 Å². The van der Waals surface area contributed by atoms with Crippen LogP contribution in [0.25, 0.3) is 0 Å². The van der Waals surface area contributed by atoms with Crippen LogP contribution in [0.3, 0.4) is 0 Å². The highest BCUT2D eigenvalue weighted by molar-refractivity contribution is 5.54. The van der Waals surface area contributed by atoms with E-state index < -0.39 is 4.92 Å².